The van der Waals surface area contributed by atoms with Crippen LogP contribution < -0.4 is 10.1 Å². The van der Waals surface area contributed by atoms with Crippen molar-refractivity contribution in [2.24, 2.45) is 0 Å². The van der Waals surface area contributed by atoms with E-state index in [1.54, 1.807) is 42.5 Å². The minimum Gasteiger partial charge on any atom is -0.495 e. The minimum absolute atomic E-state index is 0.153. The van der Waals surface area contributed by atoms with E-state index in [0.29, 0.717) is 17.0 Å². The number of hydrogen-bond donors (Lipinski definition) is 1. The lowest BCUT2D eigenvalue weighted by molar-refractivity contribution is -0.149. The molecule has 3 rings (SSSR count). The molecule has 1 unspecified atom stereocenters. The molecule has 0 aliphatic carbocycles. The Labute approximate surface area is 198 Å². The SMILES string of the molecule is COc1ccc(NC(=O)C(OC(=O)C=Cc2cccc(C(F)(F)F)c2)c2ccccc2)cc1Cl. The molecule has 0 aliphatic rings. The summed E-state index contributed by atoms with van der Waals surface area (Å²) in [5.74, 6) is -1.13. The molecule has 3 aromatic rings. The third-order valence-electron chi connectivity index (χ3n) is 4.62. The topological polar surface area (TPSA) is 64.6 Å². The number of benzene rings is 3. The number of alkyl halides is 3. The van der Waals surface area contributed by atoms with Crippen molar-refractivity contribution in [2.75, 3.05) is 12.4 Å². The van der Waals surface area contributed by atoms with E-state index < -0.39 is 29.7 Å². The van der Waals surface area contributed by atoms with E-state index in [0.717, 1.165) is 18.2 Å². The number of anilines is 1. The molecular formula is C25H19ClF3NO4. The number of rotatable bonds is 7. The first-order valence-corrected chi connectivity index (χ1v) is 10.3. The zero-order chi connectivity index (χ0) is 24.7. The summed E-state index contributed by atoms with van der Waals surface area (Å²) in [5.41, 5.74) is 0.0655. The molecule has 176 valence electrons. The van der Waals surface area contributed by atoms with Crippen molar-refractivity contribution in [2.45, 2.75) is 12.3 Å². The van der Waals surface area contributed by atoms with Crippen molar-refractivity contribution in [3.63, 3.8) is 0 Å². The number of esters is 1. The highest BCUT2D eigenvalue weighted by molar-refractivity contribution is 6.32. The molecule has 1 N–H and O–H groups in total. The lowest BCUT2D eigenvalue weighted by Crippen LogP contribution is -2.25. The van der Waals surface area contributed by atoms with Crippen LogP contribution in [0.2, 0.25) is 5.02 Å². The molecule has 0 saturated heterocycles. The molecule has 1 atom stereocenters. The first kappa shape index (κ1) is 24.9. The van der Waals surface area contributed by atoms with Gasteiger partial charge in [0, 0.05) is 17.3 Å². The summed E-state index contributed by atoms with van der Waals surface area (Å²) in [6, 6.07) is 17.4. The van der Waals surface area contributed by atoms with E-state index in [1.165, 1.54) is 31.4 Å². The van der Waals surface area contributed by atoms with Crippen molar-refractivity contribution in [3.05, 3.63) is 101 Å². The number of halogens is 4. The van der Waals surface area contributed by atoms with Crippen molar-refractivity contribution < 1.29 is 32.2 Å². The lowest BCUT2D eigenvalue weighted by Gasteiger charge is -2.17. The number of carbonyl (C=O) groups excluding carboxylic acids is 2. The van der Waals surface area contributed by atoms with Crippen LogP contribution in [0.25, 0.3) is 6.08 Å². The van der Waals surface area contributed by atoms with Crippen LogP contribution in [0.15, 0.2) is 78.9 Å². The fraction of sp³-hybridized carbons (Fsp3) is 0.120. The maximum Gasteiger partial charge on any atom is 0.416 e. The van der Waals surface area contributed by atoms with Gasteiger partial charge in [-0.2, -0.15) is 13.2 Å². The standard InChI is InChI=1S/C25H19ClF3NO4/c1-33-21-12-11-19(15-20(21)26)30-24(32)23(17-7-3-2-4-8-17)34-22(31)13-10-16-6-5-9-18(14-16)25(27,28)29/h2-15,23H,1H3,(H,30,32). The molecule has 1 amide bonds. The Hall–Kier alpha value is -3.78. The highest BCUT2D eigenvalue weighted by atomic mass is 35.5. The highest BCUT2D eigenvalue weighted by Gasteiger charge is 2.30. The molecule has 0 heterocycles. The van der Waals surface area contributed by atoms with Crippen LogP contribution in [0.1, 0.15) is 22.8 Å². The molecule has 3 aromatic carbocycles. The van der Waals surface area contributed by atoms with Gasteiger partial charge < -0.3 is 14.8 Å². The van der Waals surface area contributed by atoms with Gasteiger partial charge in [0.05, 0.1) is 17.7 Å². The van der Waals surface area contributed by atoms with Gasteiger partial charge in [-0.25, -0.2) is 4.79 Å². The Morgan fingerprint density at radius 1 is 1.00 bits per heavy atom. The van der Waals surface area contributed by atoms with Gasteiger partial charge in [-0.15, -0.1) is 0 Å². The number of ether oxygens (including phenoxy) is 2. The number of nitrogens with one attached hydrogen (secondary N) is 1. The number of carbonyl (C=O) groups is 2. The number of methoxy groups -OCH3 is 1. The molecule has 5 nitrogen and oxygen atoms in total. The van der Waals surface area contributed by atoms with E-state index in [9.17, 15) is 22.8 Å². The fourth-order valence-corrected chi connectivity index (χ4v) is 3.25. The third-order valence-corrected chi connectivity index (χ3v) is 4.91. The summed E-state index contributed by atoms with van der Waals surface area (Å²) in [7, 11) is 1.46. The van der Waals surface area contributed by atoms with Crippen molar-refractivity contribution >= 4 is 35.2 Å². The summed E-state index contributed by atoms with van der Waals surface area (Å²) < 4.78 is 49.1. The van der Waals surface area contributed by atoms with Gasteiger partial charge in [-0.1, -0.05) is 54.1 Å². The Bertz CT molecular complexity index is 1200. The smallest absolute Gasteiger partial charge is 0.416 e. The highest BCUT2D eigenvalue weighted by Crippen LogP contribution is 2.30. The third kappa shape index (κ3) is 6.62. The summed E-state index contributed by atoms with van der Waals surface area (Å²) in [5, 5.41) is 2.91. The first-order valence-electron chi connectivity index (χ1n) is 9.92. The average Bonchev–Trinajstić information content (AvgIpc) is 2.81. The van der Waals surface area contributed by atoms with Crippen LogP contribution in [0.5, 0.6) is 5.75 Å². The molecule has 0 aromatic heterocycles. The van der Waals surface area contributed by atoms with Crippen LogP contribution in [0.4, 0.5) is 18.9 Å². The van der Waals surface area contributed by atoms with Crippen molar-refractivity contribution in [3.8, 4) is 5.75 Å². The van der Waals surface area contributed by atoms with Gasteiger partial charge in [0.2, 0.25) is 6.10 Å². The average molecular weight is 490 g/mol. The Balaban J connectivity index is 1.77. The van der Waals surface area contributed by atoms with Gasteiger partial charge in [-0.3, -0.25) is 4.79 Å². The predicted molar refractivity (Wildman–Crippen MR) is 122 cm³/mol. The van der Waals surface area contributed by atoms with Gasteiger partial charge in [0.25, 0.3) is 5.91 Å². The summed E-state index contributed by atoms with van der Waals surface area (Å²) in [4.78, 5) is 25.4. The van der Waals surface area contributed by atoms with E-state index in [-0.39, 0.29) is 10.6 Å². The number of hydrogen-bond acceptors (Lipinski definition) is 4. The van der Waals surface area contributed by atoms with Gasteiger partial charge in [-0.05, 0) is 42.0 Å². The maximum absolute atomic E-state index is 12.9. The summed E-state index contributed by atoms with van der Waals surface area (Å²) in [6.07, 6.45) is -3.68. The van der Waals surface area contributed by atoms with E-state index in [2.05, 4.69) is 5.32 Å². The fourth-order valence-electron chi connectivity index (χ4n) is 2.99. The normalized spacial score (nSPS) is 12.3. The second-order valence-electron chi connectivity index (χ2n) is 7.02. The molecule has 34 heavy (non-hydrogen) atoms. The van der Waals surface area contributed by atoms with Crippen LogP contribution in [0, 0.1) is 0 Å². The molecular weight excluding hydrogens is 471 g/mol. The van der Waals surface area contributed by atoms with Crippen LogP contribution >= 0.6 is 11.6 Å². The van der Waals surface area contributed by atoms with Crippen LogP contribution in [-0.2, 0) is 20.5 Å². The van der Waals surface area contributed by atoms with Crippen LogP contribution in [0.3, 0.4) is 0 Å². The molecule has 0 fully saturated rings. The molecule has 9 heteroatoms. The van der Waals surface area contributed by atoms with Gasteiger partial charge >= 0.3 is 12.1 Å². The second kappa shape index (κ2) is 10.9. The molecule has 0 spiro atoms. The zero-order valence-corrected chi connectivity index (χ0v) is 18.6. The minimum atomic E-state index is -4.51. The van der Waals surface area contributed by atoms with Gasteiger partial charge in [0.15, 0.2) is 0 Å². The van der Waals surface area contributed by atoms with E-state index >= 15 is 0 Å². The van der Waals surface area contributed by atoms with Crippen LogP contribution in [-0.4, -0.2) is 19.0 Å². The summed E-state index contributed by atoms with van der Waals surface area (Å²) >= 11 is 6.09. The molecule has 0 bridgehead atoms. The van der Waals surface area contributed by atoms with Gasteiger partial charge in [0.1, 0.15) is 5.75 Å². The quantitative estimate of drug-likeness (QED) is 0.312. The maximum atomic E-state index is 12.9. The molecule has 0 saturated carbocycles. The second-order valence-corrected chi connectivity index (χ2v) is 7.43. The summed E-state index contributed by atoms with van der Waals surface area (Å²) in [6.45, 7) is 0. The Morgan fingerprint density at radius 3 is 2.38 bits per heavy atom. The van der Waals surface area contributed by atoms with E-state index in [4.69, 9.17) is 21.1 Å². The predicted octanol–water partition coefficient (Wildman–Crippen LogP) is 6.30. The zero-order valence-electron chi connectivity index (χ0n) is 17.8. The Kier molecular flexibility index (Phi) is 7.96. The lowest BCUT2D eigenvalue weighted by atomic mass is 10.1. The van der Waals surface area contributed by atoms with Crippen molar-refractivity contribution in [1.29, 1.82) is 0 Å². The largest absolute Gasteiger partial charge is 0.495 e. The monoisotopic (exact) mass is 489 g/mol. The Morgan fingerprint density at radius 2 is 1.74 bits per heavy atom. The van der Waals surface area contributed by atoms with E-state index in [1.807, 2.05) is 0 Å². The molecule has 0 radical (unpaired) electrons. The van der Waals surface area contributed by atoms with Crippen molar-refractivity contribution in [1.82, 2.24) is 0 Å². The molecule has 0 aliphatic heterocycles. The number of amides is 1. The first-order chi connectivity index (χ1) is 16.2.